The Morgan fingerprint density at radius 3 is 2.85 bits per heavy atom. The van der Waals surface area contributed by atoms with Gasteiger partial charge >= 0.3 is 5.97 Å². The van der Waals surface area contributed by atoms with E-state index in [4.69, 9.17) is 10.00 Å². The van der Waals surface area contributed by atoms with E-state index in [0.717, 1.165) is 6.07 Å². The molecular weight excluding hydrogens is 327 g/mol. The quantitative estimate of drug-likeness (QED) is 0.808. The van der Waals surface area contributed by atoms with Crippen LogP contribution in [-0.2, 0) is 11.3 Å². The molecule has 0 radical (unpaired) electrons. The number of rotatable bonds is 3. The molecule has 6 heteroatoms. The van der Waals surface area contributed by atoms with E-state index in [9.17, 15) is 9.18 Å². The lowest BCUT2D eigenvalue weighted by Gasteiger charge is -2.06. The van der Waals surface area contributed by atoms with Gasteiger partial charge in [0.15, 0.2) is 0 Å². The van der Waals surface area contributed by atoms with Gasteiger partial charge in [0.05, 0.1) is 17.2 Å². The number of nitrogens with zero attached hydrogens (tertiary/aromatic N) is 2. The Morgan fingerprint density at radius 1 is 1.40 bits per heavy atom. The summed E-state index contributed by atoms with van der Waals surface area (Å²) in [5.41, 5.74) is 0.697. The Bertz CT molecular complexity index is 698. The van der Waals surface area contributed by atoms with Crippen LogP contribution in [0.25, 0.3) is 0 Å². The molecule has 1 aromatic carbocycles. The van der Waals surface area contributed by atoms with Crippen LogP contribution in [0.15, 0.2) is 41.1 Å². The number of ether oxygens (including phenoxy) is 1. The molecule has 100 valence electrons. The summed E-state index contributed by atoms with van der Waals surface area (Å²) >= 11 is 3.19. The largest absolute Gasteiger partial charge is 0.457 e. The first-order valence-corrected chi connectivity index (χ1v) is 6.35. The zero-order valence-electron chi connectivity index (χ0n) is 10.1. The molecule has 0 N–H and O–H groups in total. The first-order valence-electron chi connectivity index (χ1n) is 5.56. The van der Waals surface area contributed by atoms with Crippen LogP contribution in [0.1, 0.15) is 21.5 Å². The molecule has 0 saturated carbocycles. The van der Waals surface area contributed by atoms with Crippen molar-refractivity contribution in [1.29, 1.82) is 5.26 Å². The van der Waals surface area contributed by atoms with Gasteiger partial charge in [-0.1, -0.05) is 6.07 Å². The van der Waals surface area contributed by atoms with Gasteiger partial charge < -0.3 is 4.74 Å². The lowest BCUT2D eigenvalue weighted by atomic mass is 10.1. The molecule has 1 aromatic heterocycles. The van der Waals surface area contributed by atoms with Crippen molar-refractivity contribution in [2.45, 2.75) is 6.61 Å². The third-order valence-corrected chi connectivity index (χ3v) is 2.92. The topological polar surface area (TPSA) is 63.0 Å². The van der Waals surface area contributed by atoms with Gasteiger partial charge in [-0.2, -0.15) is 5.26 Å². The minimum atomic E-state index is -0.595. The van der Waals surface area contributed by atoms with Crippen molar-refractivity contribution in [3.8, 4) is 6.07 Å². The molecule has 0 aliphatic heterocycles. The molecule has 0 aliphatic carbocycles. The van der Waals surface area contributed by atoms with Gasteiger partial charge in [0.1, 0.15) is 12.4 Å². The van der Waals surface area contributed by atoms with E-state index in [0.29, 0.717) is 4.47 Å². The second-order valence-electron chi connectivity index (χ2n) is 3.89. The van der Waals surface area contributed by atoms with E-state index in [1.807, 2.05) is 6.07 Å². The van der Waals surface area contributed by atoms with Crippen LogP contribution in [0.4, 0.5) is 4.39 Å². The number of pyridine rings is 1. The van der Waals surface area contributed by atoms with Gasteiger partial charge in [-0.15, -0.1) is 0 Å². The van der Waals surface area contributed by atoms with Crippen LogP contribution in [-0.4, -0.2) is 11.0 Å². The summed E-state index contributed by atoms with van der Waals surface area (Å²) in [7, 11) is 0. The van der Waals surface area contributed by atoms with Gasteiger partial charge in [0, 0.05) is 22.4 Å². The smallest absolute Gasteiger partial charge is 0.340 e. The number of aromatic nitrogens is 1. The maximum atomic E-state index is 13.6. The van der Waals surface area contributed by atoms with E-state index >= 15 is 0 Å². The maximum absolute atomic E-state index is 13.6. The van der Waals surface area contributed by atoms with E-state index in [1.165, 1.54) is 24.5 Å². The number of carbonyl (C=O) groups excluding carboxylic acids is 1. The average molecular weight is 335 g/mol. The number of nitriles is 1. The number of benzene rings is 1. The SMILES string of the molecule is N#Cc1ccc(COC(=O)c2cncc(Br)c2)c(F)c1. The summed E-state index contributed by atoms with van der Waals surface area (Å²) in [4.78, 5) is 15.6. The van der Waals surface area contributed by atoms with Crippen molar-refractivity contribution in [3.63, 3.8) is 0 Å². The van der Waals surface area contributed by atoms with E-state index in [-0.39, 0.29) is 23.3 Å². The highest BCUT2D eigenvalue weighted by Gasteiger charge is 2.10. The van der Waals surface area contributed by atoms with Gasteiger partial charge in [0.25, 0.3) is 0 Å². The lowest BCUT2D eigenvalue weighted by Crippen LogP contribution is -2.06. The standard InChI is InChI=1S/C14H8BrFN2O2/c15-12-4-11(6-18-7-12)14(19)20-8-10-2-1-9(5-17)3-13(10)16/h1-4,6-7H,8H2. The first-order chi connectivity index (χ1) is 9.60. The summed E-state index contributed by atoms with van der Waals surface area (Å²) in [6.07, 6.45) is 2.90. The summed E-state index contributed by atoms with van der Waals surface area (Å²) in [6.45, 7) is -0.205. The molecular formula is C14H8BrFN2O2. The zero-order valence-corrected chi connectivity index (χ0v) is 11.7. The summed E-state index contributed by atoms with van der Waals surface area (Å²) < 4.78 is 19.2. The van der Waals surface area contributed by atoms with Crippen molar-refractivity contribution >= 4 is 21.9 Å². The summed E-state index contributed by atoms with van der Waals surface area (Å²) in [6, 6.07) is 7.37. The van der Waals surface area contributed by atoms with Crippen molar-refractivity contribution in [2.75, 3.05) is 0 Å². The van der Waals surface area contributed by atoms with Crippen LogP contribution in [0.3, 0.4) is 0 Å². The minimum absolute atomic E-state index is 0.205. The Morgan fingerprint density at radius 2 is 2.20 bits per heavy atom. The molecule has 1 heterocycles. The second kappa shape index (κ2) is 6.26. The summed E-state index contributed by atoms with van der Waals surface area (Å²) in [5, 5.41) is 8.63. The Balaban J connectivity index is 2.06. The van der Waals surface area contributed by atoms with Gasteiger partial charge in [-0.25, -0.2) is 9.18 Å². The molecule has 4 nitrogen and oxygen atoms in total. The second-order valence-corrected chi connectivity index (χ2v) is 4.80. The van der Waals surface area contributed by atoms with Crippen molar-refractivity contribution in [2.24, 2.45) is 0 Å². The van der Waals surface area contributed by atoms with Crippen molar-refractivity contribution < 1.29 is 13.9 Å². The zero-order chi connectivity index (χ0) is 14.5. The third kappa shape index (κ3) is 3.39. The van der Waals surface area contributed by atoms with Crippen LogP contribution < -0.4 is 0 Å². The molecule has 2 rings (SSSR count). The highest BCUT2D eigenvalue weighted by molar-refractivity contribution is 9.10. The Hall–Kier alpha value is -2.26. The average Bonchev–Trinajstić information content (AvgIpc) is 2.45. The van der Waals surface area contributed by atoms with E-state index in [2.05, 4.69) is 20.9 Å². The normalized spacial score (nSPS) is 9.85. The number of carbonyl (C=O) groups is 1. The van der Waals surface area contributed by atoms with E-state index < -0.39 is 11.8 Å². The molecule has 0 saturated heterocycles. The molecule has 0 amide bonds. The van der Waals surface area contributed by atoms with Crippen LogP contribution in [0, 0.1) is 17.1 Å². The molecule has 0 bridgehead atoms. The molecule has 0 spiro atoms. The number of hydrogen-bond acceptors (Lipinski definition) is 4. The lowest BCUT2D eigenvalue weighted by molar-refractivity contribution is 0.0468. The summed E-state index contributed by atoms with van der Waals surface area (Å²) in [5.74, 6) is -1.17. The fourth-order valence-corrected chi connectivity index (χ4v) is 1.85. The molecule has 0 fully saturated rings. The van der Waals surface area contributed by atoms with Gasteiger partial charge in [0.2, 0.25) is 0 Å². The van der Waals surface area contributed by atoms with Crippen molar-refractivity contribution in [1.82, 2.24) is 4.98 Å². The van der Waals surface area contributed by atoms with Gasteiger partial charge in [-0.3, -0.25) is 4.98 Å². The number of esters is 1. The van der Waals surface area contributed by atoms with Crippen LogP contribution >= 0.6 is 15.9 Å². The fraction of sp³-hybridized carbons (Fsp3) is 0.0714. The Kier molecular flexibility index (Phi) is 4.43. The third-order valence-electron chi connectivity index (χ3n) is 2.48. The number of hydrogen-bond donors (Lipinski definition) is 0. The fourth-order valence-electron chi connectivity index (χ4n) is 1.48. The van der Waals surface area contributed by atoms with Crippen molar-refractivity contribution in [3.05, 3.63) is 63.6 Å². The van der Waals surface area contributed by atoms with Crippen LogP contribution in [0.2, 0.25) is 0 Å². The molecule has 0 aliphatic rings. The van der Waals surface area contributed by atoms with Crippen LogP contribution in [0.5, 0.6) is 0 Å². The monoisotopic (exact) mass is 334 g/mol. The maximum Gasteiger partial charge on any atom is 0.340 e. The molecule has 20 heavy (non-hydrogen) atoms. The van der Waals surface area contributed by atoms with E-state index in [1.54, 1.807) is 6.07 Å². The predicted octanol–water partition coefficient (Wildman–Crippen LogP) is 3.21. The highest BCUT2D eigenvalue weighted by atomic mass is 79.9. The Labute approximate surface area is 123 Å². The minimum Gasteiger partial charge on any atom is -0.457 e. The predicted molar refractivity (Wildman–Crippen MR) is 72.2 cm³/mol. The first kappa shape index (κ1) is 14.2. The molecule has 0 atom stereocenters. The molecule has 0 unspecified atom stereocenters. The number of halogens is 2. The van der Waals surface area contributed by atoms with Gasteiger partial charge in [-0.05, 0) is 34.1 Å². The molecule has 2 aromatic rings. The highest BCUT2D eigenvalue weighted by Crippen LogP contribution is 2.14.